The molecule has 5 heteroatoms. The summed E-state index contributed by atoms with van der Waals surface area (Å²) in [6.45, 7) is 5.46. The highest BCUT2D eigenvalue weighted by Gasteiger charge is 2.10. The molecule has 0 unspecified atom stereocenters. The zero-order valence-electron chi connectivity index (χ0n) is 12.1. The van der Waals surface area contributed by atoms with Crippen molar-refractivity contribution in [3.63, 3.8) is 0 Å². The third-order valence-corrected chi connectivity index (χ3v) is 3.63. The average Bonchev–Trinajstić information content (AvgIpc) is 2.82. The maximum absolute atomic E-state index is 4.33. The second kappa shape index (κ2) is 6.50. The van der Waals surface area contributed by atoms with Crippen molar-refractivity contribution in [1.29, 1.82) is 0 Å². The van der Waals surface area contributed by atoms with Gasteiger partial charge in [0.25, 0.3) is 0 Å². The minimum Gasteiger partial charge on any atom is -0.369 e. The van der Waals surface area contributed by atoms with Gasteiger partial charge in [0.1, 0.15) is 12.1 Å². The lowest BCUT2D eigenvalue weighted by atomic mass is 9.99. The van der Waals surface area contributed by atoms with Crippen LogP contribution in [-0.4, -0.2) is 26.3 Å². The van der Waals surface area contributed by atoms with E-state index in [2.05, 4.69) is 34.2 Å². The number of hydrogen-bond donors (Lipinski definition) is 1. The van der Waals surface area contributed by atoms with E-state index in [1.807, 2.05) is 13.2 Å². The molecule has 0 saturated carbocycles. The van der Waals surface area contributed by atoms with E-state index in [0.717, 1.165) is 23.4 Å². The molecule has 0 radical (unpaired) electrons. The Morgan fingerprint density at radius 1 is 1.32 bits per heavy atom. The molecule has 0 fully saturated rings. The van der Waals surface area contributed by atoms with E-state index in [0.29, 0.717) is 5.92 Å². The smallest absolute Gasteiger partial charge is 0.163 e. The van der Waals surface area contributed by atoms with Crippen molar-refractivity contribution in [3.05, 3.63) is 12.5 Å². The topological polar surface area (TPSA) is 55.6 Å². The maximum atomic E-state index is 4.33. The van der Waals surface area contributed by atoms with Crippen molar-refractivity contribution >= 4 is 16.9 Å². The third-order valence-electron chi connectivity index (χ3n) is 3.63. The number of aromatic nitrogens is 4. The van der Waals surface area contributed by atoms with Crippen molar-refractivity contribution in [3.8, 4) is 0 Å². The lowest BCUT2D eigenvalue weighted by Gasteiger charge is -2.15. The summed E-state index contributed by atoms with van der Waals surface area (Å²) in [6, 6.07) is 0. The second-order valence-corrected chi connectivity index (χ2v) is 5.03. The Bertz CT molecular complexity index is 520. The molecule has 0 aromatic carbocycles. The molecule has 0 aliphatic heterocycles. The third kappa shape index (κ3) is 3.22. The summed E-state index contributed by atoms with van der Waals surface area (Å²) in [5.41, 5.74) is 0.874. The fourth-order valence-corrected chi connectivity index (χ4v) is 2.29. The van der Waals surface area contributed by atoms with Gasteiger partial charge in [0, 0.05) is 13.6 Å². The summed E-state index contributed by atoms with van der Waals surface area (Å²) in [7, 11) is 1.90. The Hall–Kier alpha value is -1.65. The van der Waals surface area contributed by atoms with Gasteiger partial charge in [-0.3, -0.25) is 4.68 Å². The molecule has 0 amide bonds. The Labute approximate surface area is 114 Å². The van der Waals surface area contributed by atoms with Crippen molar-refractivity contribution in [2.75, 3.05) is 11.9 Å². The molecule has 104 valence electrons. The molecule has 2 heterocycles. The standard InChI is InChI=1S/C14H23N5/c1-4-6-7-11(5-2)8-15-13-12-9-18-19(3)14(12)17-10-16-13/h9-11H,4-8H2,1-3H3,(H,15,16,17)/t11-/m0/s1. The number of anilines is 1. The predicted molar refractivity (Wildman–Crippen MR) is 78.1 cm³/mol. The molecule has 2 rings (SSSR count). The van der Waals surface area contributed by atoms with Crippen LogP contribution in [0.4, 0.5) is 5.82 Å². The van der Waals surface area contributed by atoms with Crippen LogP contribution < -0.4 is 5.32 Å². The first-order valence-electron chi connectivity index (χ1n) is 7.12. The molecule has 19 heavy (non-hydrogen) atoms. The van der Waals surface area contributed by atoms with E-state index in [1.54, 1.807) is 11.0 Å². The quantitative estimate of drug-likeness (QED) is 0.832. The Morgan fingerprint density at radius 2 is 2.16 bits per heavy atom. The van der Waals surface area contributed by atoms with Crippen LogP contribution in [0.3, 0.4) is 0 Å². The second-order valence-electron chi connectivity index (χ2n) is 5.03. The van der Waals surface area contributed by atoms with Crippen molar-refractivity contribution in [2.45, 2.75) is 39.5 Å². The predicted octanol–water partition coefficient (Wildman–Crippen LogP) is 2.99. The van der Waals surface area contributed by atoms with Crippen LogP contribution >= 0.6 is 0 Å². The van der Waals surface area contributed by atoms with Crippen LogP contribution in [0.5, 0.6) is 0 Å². The summed E-state index contributed by atoms with van der Waals surface area (Å²) in [5.74, 6) is 1.61. The number of rotatable bonds is 7. The summed E-state index contributed by atoms with van der Waals surface area (Å²) in [4.78, 5) is 8.58. The number of hydrogen-bond acceptors (Lipinski definition) is 4. The minimum atomic E-state index is 0.710. The van der Waals surface area contributed by atoms with Crippen LogP contribution in [0.25, 0.3) is 11.0 Å². The Balaban J connectivity index is 2.04. The van der Waals surface area contributed by atoms with Crippen molar-refractivity contribution < 1.29 is 0 Å². The van der Waals surface area contributed by atoms with E-state index in [1.165, 1.54) is 25.7 Å². The van der Waals surface area contributed by atoms with Gasteiger partial charge in [-0.2, -0.15) is 5.10 Å². The van der Waals surface area contributed by atoms with Gasteiger partial charge in [-0.1, -0.05) is 33.1 Å². The molecule has 1 atom stereocenters. The molecule has 2 aromatic heterocycles. The van der Waals surface area contributed by atoms with Crippen molar-refractivity contribution in [1.82, 2.24) is 19.7 Å². The fourth-order valence-electron chi connectivity index (χ4n) is 2.29. The van der Waals surface area contributed by atoms with Gasteiger partial charge < -0.3 is 5.32 Å². The highest BCUT2D eigenvalue weighted by Crippen LogP contribution is 2.19. The molecule has 1 N–H and O–H groups in total. The fraction of sp³-hybridized carbons (Fsp3) is 0.643. The van der Waals surface area contributed by atoms with Crippen LogP contribution in [0.15, 0.2) is 12.5 Å². The number of unbranched alkanes of at least 4 members (excludes halogenated alkanes) is 1. The molecule has 0 aliphatic rings. The zero-order chi connectivity index (χ0) is 13.7. The molecular formula is C14H23N5. The highest BCUT2D eigenvalue weighted by atomic mass is 15.3. The number of aryl methyl sites for hydroxylation is 1. The summed E-state index contributed by atoms with van der Waals surface area (Å²) >= 11 is 0. The molecule has 0 spiro atoms. The lowest BCUT2D eigenvalue weighted by molar-refractivity contribution is 0.472. The van der Waals surface area contributed by atoms with E-state index >= 15 is 0 Å². The number of nitrogens with one attached hydrogen (secondary N) is 1. The Morgan fingerprint density at radius 3 is 2.89 bits per heavy atom. The normalized spacial score (nSPS) is 12.8. The minimum absolute atomic E-state index is 0.710. The first-order chi connectivity index (χ1) is 9.26. The van der Waals surface area contributed by atoms with E-state index in [-0.39, 0.29) is 0 Å². The first kappa shape index (κ1) is 13.8. The zero-order valence-corrected chi connectivity index (χ0v) is 12.1. The summed E-state index contributed by atoms with van der Waals surface area (Å²) in [5, 5.41) is 8.68. The van der Waals surface area contributed by atoms with Gasteiger partial charge in [0.2, 0.25) is 0 Å². The van der Waals surface area contributed by atoms with Crippen molar-refractivity contribution in [2.24, 2.45) is 13.0 Å². The van der Waals surface area contributed by atoms with E-state index in [9.17, 15) is 0 Å². The van der Waals surface area contributed by atoms with Gasteiger partial charge in [0.05, 0.1) is 11.6 Å². The SMILES string of the molecule is CCCC[C@H](CC)CNc1ncnc2c1cnn2C. The molecule has 0 saturated heterocycles. The lowest BCUT2D eigenvalue weighted by Crippen LogP contribution is -2.14. The summed E-state index contributed by atoms with van der Waals surface area (Å²) < 4.78 is 1.77. The largest absolute Gasteiger partial charge is 0.369 e. The van der Waals surface area contributed by atoms with Crippen LogP contribution in [0, 0.1) is 5.92 Å². The Kier molecular flexibility index (Phi) is 4.71. The van der Waals surface area contributed by atoms with Gasteiger partial charge in [0.15, 0.2) is 5.65 Å². The summed E-state index contributed by atoms with van der Waals surface area (Å²) in [6.07, 6.45) is 8.46. The molecule has 0 aliphatic carbocycles. The molecule has 0 bridgehead atoms. The van der Waals surface area contributed by atoms with E-state index in [4.69, 9.17) is 0 Å². The number of fused-ring (bicyclic) bond motifs is 1. The molecular weight excluding hydrogens is 238 g/mol. The maximum Gasteiger partial charge on any atom is 0.163 e. The van der Waals surface area contributed by atoms with Gasteiger partial charge >= 0.3 is 0 Å². The van der Waals surface area contributed by atoms with Crippen LogP contribution in [0.2, 0.25) is 0 Å². The highest BCUT2D eigenvalue weighted by molar-refractivity contribution is 5.85. The average molecular weight is 261 g/mol. The van der Waals surface area contributed by atoms with Gasteiger partial charge in [-0.25, -0.2) is 9.97 Å². The van der Waals surface area contributed by atoms with Crippen LogP contribution in [0.1, 0.15) is 39.5 Å². The number of nitrogens with zero attached hydrogens (tertiary/aromatic N) is 4. The van der Waals surface area contributed by atoms with Crippen LogP contribution in [-0.2, 0) is 7.05 Å². The molecule has 2 aromatic rings. The first-order valence-corrected chi connectivity index (χ1v) is 7.12. The van der Waals surface area contributed by atoms with E-state index < -0.39 is 0 Å². The van der Waals surface area contributed by atoms with Gasteiger partial charge in [-0.05, 0) is 12.3 Å². The monoisotopic (exact) mass is 261 g/mol. The van der Waals surface area contributed by atoms with Gasteiger partial charge in [-0.15, -0.1) is 0 Å². The molecule has 5 nitrogen and oxygen atoms in total.